The van der Waals surface area contributed by atoms with Crippen LogP contribution < -0.4 is 5.32 Å². The number of phenolic OH excluding ortho intramolecular Hbond substituents is 1. The molecule has 1 unspecified atom stereocenters. The van der Waals surface area contributed by atoms with Crippen LogP contribution in [-0.4, -0.2) is 10.8 Å². The summed E-state index contributed by atoms with van der Waals surface area (Å²) in [6, 6.07) is 21.4. The standard InChI is InChI=1S/C21H17FN2O/c22-15-11-9-14(10-12-15)19-13-20(16-5-1-4-8-21(16)25)24-18-7-3-2-6-17(18)23-19/h1-12,19,23,25H,13H2. The number of aromatic hydroxyl groups is 1. The third-order valence-corrected chi connectivity index (χ3v) is 4.37. The van der Waals surface area contributed by atoms with Crippen molar-refractivity contribution in [3.05, 3.63) is 89.7 Å². The zero-order valence-corrected chi connectivity index (χ0v) is 13.5. The molecule has 4 heteroatoms. The number of aliphatic imine (C=N–C) groups is 1. The van der Waals surface area contributed by atoms with Gasteiger partial charge in [-0.2, -0.15) is 0 Å². The molecule has 3 aromatic rings. The minimum atomic E-state index is -0.257. The van der Waals surface area contributed by atoms with Crippen molar-refractivity contribution in [2.45, 2.75) is 12.5 Å². The summed E-state index contributed by atoms with van der Waals surface area (Å²) in [6.07, 6.45) is 0.581. The minimum Gasteiger partial charge on any atom is -0.507 e. The van der Waals surface area contributed by atoms with Crippen LogP contribution in [0.4, 0.5) is 15.8 Å². The fourth-order valence-electron chi connectivity index (χ4n) is 3.10. The van der Waals surface area contributed by atoms with Crippen molar-refractivity contribution in [1.29, 1.82) is 0 Å². The van der Waals surface area contributed by atoms with Gasteiger partial charge < -0.3 is 10.4 Å². The average molecular weight is 332 g/mol. The van der Waals surface area contributed by atoms with Gasteiger partial charge >= 0.3 is 0 Å². The molecule has 1 heterocycles. The fourth-order valence-corrected chi connectivity index (χ4v) is 3.10. The summed E-state index contributed by atoms with van der Waals surface area (Å²) in [5, 5.41) is 13.7. The number of halogens is 1. The van der Waals surface area contributed by atoms with Crippen molar-refractivity contribution in [2.24, 2.45) is 4.99 Å². The number of nitrogens with one attached hydrogen (secondary N) is 1. The molecule has 1 aliphatic heterocycles. The smallest absolute Gasteiger partial charge is 0.124 e. The Morgan fingerprint density at radius 3 is 2.44 bits per heavy atom. The molecule has 0 amide bonds. The van der Waals surface area contributed by atoms with Crippen LogP contribution in [0.3, 0.4) is 0 Å². The Labute approximate surface area is 145 Å². The highest BCUT2D eigenvalue weighted by molar-refractivity contribution is 6.05. The van der Waals surface area contributed by atoms with Crippen molar-refractivity contribution in [3.63, 3.8) is 0 Å². The largest absolute Gasteiger partial charge is 0.507 e. The number of phenols is 1. The van der Waals surface area contributed by atoms with E-state index in [1.54, 1.807) is 24.3 Å². The van der Waals surface area contributed by atoms with Gasteiger partial charge in [0.05, 0.1) is 23.1 Å². The van der Waals surface area contributed by atoms with Gasteiger partial charge in [-0.15, -0.1) is 0 Å². The Hall–Kier alpha value is -3.14. The third-order valence-electron chi connectivity index (χ3n) is 4.37. The molecule has 0 saturated carbocycles. The highest BCUT2D eigenvalue weighted by atomic mass is 19.1. The lowest BCUT2D eigenvalue weighted by Crippen LogP contribution is -2.14. The molecule has 4 rings (SSSR count). The van der Waals surface area contributed by atoms with E-state index < -0.39 is 0 Å². The van der Waals surface area contributed by atoms with Gasteiger partial charge in [0.15, 0.2) is 0 Å². The van der Waals surface area contributed by atoms with E-state index in [0.717, 1.165) is 22.6 Å². The summed E-state index contributed by atoms with van der Waals surface area (Å²) in [5.74, 6) is -0.0501. The molecule has 0 saturated heterocycles. The topological polar surface area (TPSA) is 44.6 Å². The SMILES string of the molecule is Oc1ccccc1C1=Nc2ccccc2NC(c2ccc(F)cc2)C1. The summed E-state index contributed by atoms with van der Waals surface area (Å²) in [6.45, 7) is 0. The third kappa shape index (κ3) is 3.11. The van der Waals surface area contributed by atoms with Crippen LogP contribution in [0.15, 0.2) is 77.8 Å². The van der Waals surface area contributed by atoms with Crippen LogP contribution in [0, 0.1) is 5.82 Å². The number of hydrogen-bond donors (Lipinski definition) is 2. The second kappa shape index (κ2) is 6.40. The summed E-state index contributed by atoms with van der Waals surface area (Å²) in [4.78, 5) is 4.78. The first-order valence-electron chi connectivity index (χ1n) is 8.18. The van der Waals surface area contributed by atoms with Crippen molar-refractivity contribution >= 4 is 17.1 Å². The Morgan fingerprint density at radius 2 is 1.64 bits per heavy atom. The Balaban J connectivity index is 1.82. The van der Waals surface area contributed by atoms with Gasteiger partial charge in [0, 0.05) is 12.0 Å². The molecule has 0 aliphatic carbocycles. The van der Waals surface area contributed by atoms with E-state index >= 15 is 0 Å². The minimum absolute atomic E-state index is 0.0670. The number of benzene rings is 3. The second-order valence-corrected chi connectivity index (χ2v) is 6.05. The molecule has 0 spiro atoms. The predicted octanol–water partition coefficient (Wildman–Crippen LogP) is 5.21. The van der Waals surface area contributed by atoms with E-state index in [4.69, 9.17) is 4.99 Å². The summed E-state index contributed by atoms with van der Waals surface area (Å²) >= 11 is 0. The van der Waals surface area contributed by atoms with E-state index in [0.29, 0.717) is 12.0 Å². The molecular formula is C21H17FN2O. The molecule has 3 nitrogen and oxygen atoms in total. The number of rotatable bonds is 2. The first kappa shape index (κ1) is 15.4. The van der Waals surface area contributed by atoms with Crippen molar-refractivity contribution in [3.8, 4) is 5.75 Å². The number of para-hydroxylation sites is 3. The fraction of sp³-hybridized carbons (Fsp3) is 0.0952. The summed E-state index contributed by atoms with van der Waals surface area (Å²) in [5.41, 5.74) is 4.23. The predicted molar refractivity (Wildman–Crippen MR) is 98.1 cm³/mol. The van der Waals surface area contributed by atoms with E-state index in [1.165, 1.54) is 12.1 Å². The molecular weight excluding hydrogens is 315 g/mol. The first-order valence-corrected chi connectivity index (χ1v) is 8.18. The average Bonchev–Trinajstić information content (AvgIpc) is 2.82. The van der Waals surface area contributed by atoms with Crippen LogP contribution in [0.25, 0.3) is 0 Å². The van der Waals surface area contributed by atoms with Crippen LogP contribution >= 0.6 is 0 Å². The normalized spacial score (nSPS) is 16.4. The highest BCUT2D eigenvalue weighted by Crippen LogP contribution is 2.36. The lowest BCUT2D eigenvalue weighted by atomic mass is 9.97. The lowest BCUT2D eigenvalue weighted by Gasteiger charge is -2.19. The Morgan fingerprint density at radius 1 is 0.920 bits per heavy atom. The maximum atomic E-state index is 13.3. The van der Waals surface area contributed by atoms with Crippen LogP contribution in [0.2, 0.25) is 0 Å². The lowest BCUT2D eigenvalue weighted by molar-refractivity contribution is 0.474. The van der Waals surface area contributed by atoms with Gasteiger partial charge in [-0.05, 0) is 42.0 Å². The number of fused-ring (bicyclic) bond motifs is 1. The number of hydrogen-bond acceptors (Lipinski definition) is 3. The second-order valence-electron chi connectivity index (χ2n) is 6.05. The quantitative estimate of drug-likeness (QED) is 0.677. The van der Waals surface area contributed by atoms with E-state index in [1.807, 2.05) is 36.4 Å². The highest BCUT2D eigenvalue weighted by Gasteiger charge is 2.22. The monoisotopic (exact) mass is 332 g/mol. The van der Waals surface area contributed by atoms with Crippen molar-refractivity contribution < 1.29 is 9.50 Å². The maximum absolute atomic E-state index is 13.3. The molecule has 3 aromatic carbocycles. The van der Waals surface area contributed by atoms with Crippen LogP contribution in [0.1, 0.15) is 23.6 Å². The molecule has 0 bridgehead atoms. The molecule has 1 atom stereocenters. The molecule has 1 aliphatic rings. The van der Waals surface area contributed by atoms with Gasteiger partial charge in [-0.25, -0.2) is 4.39 Å². The summed E-state index contributed by atoms with van der Waals surface area (Å²) < 4.78 is 13.3. The zero-order chi connectivity index (χ0) is 17.2. The van der Waals surface area contributed by atoms with Gasteiger partial charge in [0.25, 0.3) is 0 Å². The van der Waals surface area contributed by atoms with E-state index in [9.17, 15) is 9.50 Å². The summed E-state index contributed by atoms with van der Waals surface area (Å²) in [7, 11) is 0. The Kier molecular flexibility index (Phi) is 3.94. The molecule has 2 N–H and O–H groups in total. The van der Waals surface area contributed by atoms with E-state index in [2.05, 4.69) is 5.32 Å². The molecule has 124 valence electrons. The molecule has 0 aromatic heterocycles. The maximum Gasteiger partial charge on any atom is 0.124 e. The molecule has 0 radical (unpaired) electrons. The van der Waals surface area contributed by atoms with Gasteiger partial charge in [-0.3, -0.25) is 4.99 Å². The van der Waals surface area contributed by atoms with Gasteiger partial charge in [-0.1, -0.05) is 36.4 Å². The molecule has 0 fully saturated rings. The zero-order valence-electron chi connectivity index (χ0n) is 13.5. The van der Waals surface area contributed by atoms with Crippen LogP contribution in [-0.2, 0) is 0 Å². The Bertz CT molecular complexity index is 935. The van der Waals surface area contributed by atoms with Crippen molar-refractivity contribution in [2.75, 3.05) is 5.32 Å². The van der Waals surface area contributed by atoms with Crippen molar-refractivity contribution in [1.82, 2.24) is 0 Å². The first-order chi connectivity index (χ1) is 12.2. The van der Waals surface area contributed by atoms with Crippen LogP contribution in [0.5, 0.6) is 5.75 Å². The van der Waals surface area contributed by atoms with Gasteiger partial charge in [0.1, 0.15) is 11.6 Å². The number of anilines is 1. The number of nitrogens with zero attached hydrogens (tertiary/aromatic N) is 1. The molecule has 25 heavy (non-hydrogen) atoms. The van der Waals surface area contributed by atoms with E-state index in [-0.39, 0.29) is 17.6 Å². The van der Waals surface area contributed by atoms with Gasteiger partial charge in [0.2, 0.25) is 0 Å².